The van der Waals surface area contributed by atoms with Gasteiger partial charge in [-0.1, -0.05) is 60.7 Å². The Labute approximate surface area is 217 Å². The number of hydrogen-bond donors (Lipinski definition) is 0. The maximum absolute atomic E-state index is 13.5. The number of carbonyl (C=O) groups is 2. The highest BCUT2D eigenvalue weighted by Gasteiger charge is 2.45. The van der Waals surface area contributed by atoms with Crippen LogP contribution < -0.4 is 4.74 Å². The van der Waals surface area contributed by atoms with Crippen molar-refractivity contribution in [3.8, 4) is 16.9 Å². The van der Waals surface area contributed by atoms with Crippen molar-refractivity contribution in [1.29, 1.82) is 0 Å². The van der Waals surface area contributed by atoms with Crippen LogP contribution in [-0.4, -0.2) is 55.3 Å². The van der Waals surface area contributed by atoms with E-state index in [2.05, 4.69) is 24.3 Å². The number of amides is 1. The summed E-state index contributed by atoms with van der Waals surface area (Å²) in [6, 6.07) is 23.7. The lowest BCUT2D eigenvalue weighted by molar-refractivity contribution is -0.0748. The number of benzene rings is 3. The molecular formula is C31H31NO5. The van der Waals surface area contributed by atoms with Crippen LogP contribution in [0.3, 0.4) is 0 Å². The van der Waals surface area contributed by atoms with Crippen molar-refractivity contribution in [3.05, 3.63) is 89.5 Å². The Bertz CT molecular complexity index is 1260. The molecule has 6 rings (SSSR count). The molecule has 3 aliphatic rings. The van der Waals surface area contributed by atoms with Gasteiger partial charge in [-0.3, -0.25) is 9.69 Å². The molecule has 1 amide bonds. The summed E-state index contributed by atoms with van der Waals surface area (Å²) < 4.78 is 17.5. The number of carbonyl (C=O) groups excluding carboxylic acids is 2. The number of piperidine rings is 1. The first-order valence-corrected chi connectivity index (χ1v) is 13.1. The number of fused-ring (bicyclic) bond motifs is 5. The van der Waals surface area contributed by atoms with Gasteiger partial charge in [-0.05, 0) is 54.2 Å². The summed E-state index contributed by atoms with van der Waals surface area (Å²) in [4.78, 5) is 28.7. The molecule has 2 heterocycles. The van der Waals surface area contributed by atoms with Gasteiger partial charge in [0.25, 0.3) is 0 Å². The van der Waals surface area contributed by atoms with Gasteiger partial charge in [0.1, 0.15) is 12.4 Å². The van der Waals surface area contributed by atoms with E-state index in [4.69, 9.17) is 14.2 Å². The fourth-order valence-corrected chi connectivity index (χ4v) is 6.27. The van der Waals surface area contributed by atoms with Crippen LogP contribution in [0.4, 0.5) is 4.79 Å². The average molecular weight is 498 g/mol. The summed E-state index contributed by atoms with van der Waals surface area (Å²) >= 11 is 0. The molecule has 0 saturated carbocycles. The molecule has 2 fully saturated rings. The van der Waals surface area contributed by atoms with Crippen LogP contribution in [0.25, 0.3) is 11.1 Å². The maximum atomic E-state index is 13.5. The molecule has 2 aliphatic heterocycles. The Balaban J connectivity index is 1.16. The first kappa shape index (κ1) is 23.7. The number of hydrogen-bond acceptors (Lipinski definition) is 5. The van der Waals surface area contributed by atoms with E-state index < -0.39 is 0 Å². The van der Waals surface area contributed by atoms with E-state index in [1.54, 1.807) is 0 Å². The first-order valence-electron chi connectivity index (χ1n) is 13.1. The van der Waals surface area contributed by atoms with Crippen LogP contribution in [0, 0.1) is 5.92 Å². The number of nitrogens with zero attached hydrogens (tertiary/aromatic N) is 1. The second-order valence-electron chi connectivity index (χ2n) is 10.0. The van der Waals surface area contributed by atoms with Crippen molar-refractivity contribution >= 4 is 11.9 Å². The quantitative estimate of drug-likeness (QED) is 0.409. The minimum absolute atomic E-state index is 0.0154. The van der Waals surface area contributed by atoms with Gasteiger partial charge < -0.3 is 14.2 Å². The standard InChI is InChI=1S/C31H31NO5/c1-2-36-29-14-8-7-13-27(29)30(33)20-15-21-17-35-18-22(16-20)32(21)31(34)37-19-28-25-11-5-3-9-23(25)24-10-4-6-12-26(24)28/h3-14,20-22,28H,2,15-19H2,1H3. The number of ether oxygens (including phenoxy) is 3. The van der Waals surface area contributed by atoms with Gasteiger partial charge in [-0.2, -0.15) is 0 Å². The Morgan fingerprint density at radius 3 is 2.11 bits per heavy atom. The predicted octanol–water partition coefficient (Wildman–Crippen LogP) is 5.70. The molecule has 6 nitrogen and oxygen atoms in total. The lowest BCUT2D eigenvalue weighted by atomic mass is 9.80. The lowest BCUT2D eigenvalue weighted by Gasteiger charge is -2.47. The fourth-order valence-electron chi connectivity index (χ4n) is 6.27. The topological polar surface area (TPSA) is 65.1 Å². The van der Waals surface area contributed by atoms with Crippen LogP contribution in [0.2, 0.25) is 0 Å². The van der Waals surface area contributed by atoms with Crippen LogP contribution in [0.1, 0.15) is 47.2 Å². The Morgan fingerprint density at radius 2 is 1.46 bits per heavy atom. The molecule has 2 atom stereocenters. The molecule has 0 spiro atoms. The van der Waals surface area contributed by atoms with Gasteiger partial charge in [0, 0.05) is 11.8 Å². The summed E-state index contributed by atoms with van der Waals surface area (Å²) in [5.41, 5.74) is 5.41. The number of morpholine rings is 1. The maximum Gasteiger partial charge on any atom is 0.410 e. The van der Waals surface area contributed by atoms with E-state index in [1.165, 1.54) is 22.3 Å². The van der Waals surface area contributed by atoms with E-state index in [-0.39, 0.29) is 42.4 Å². The van der Waals surface area contributed by atoms with Crippen molar-refractivity contribution in [2.45, 2.75) is 37.8 Å². The molecule has 0 radical (unpaired) electrons. The van der Waals surface area contributed by atoms with Gasteiger partial charge in [0.15, 0.2) is 5.78 Å². The zero-order valence-corrected chi connectivity index (χ0v) is 21.0. The van der Waals surface area contributed by atoms with Crippen molar-refractivity contribution < 1.29 is 23.8 Å². The van der Waals surface area contributed by atoms with Crippen molar-refractivity contribution in [3.63, 3.8) is 0 Å². The van der Waals surface area contributed by atoms with Gasteiger partial charge in [-0.25, -0.2) is 4.79 Å². The molecule has 37 heavy (non-hydrogen) atoms. The Hall–Kier alpha value is -3.64. The van der Waals surface area contributed by atoms with Crippen LogP contribution in [0.5, 0.6) is 5.75 Å². The number of para-hydroxylation sites is 1. The molecule has 3 aromatic carbocycles. The van der Waals surface area contributed by atoms with Crippen molar-refractivity contribution in [1.82, 2.24) is 4.90 Å². The Kier molecular flexibility index (Phi) is 6.43. The van der Waals surface area contributed by atoms with Gasteiger partial charge >= 0.3 is 6.09 Å². The normalized spacial score (nSPS) is 22.2. The smallest absolute Gasteiger partial charge is 0.410 e. The Morgan fingerprint density at radius 1 is 0.865 bits per heavy atom. The summed E-state index contributed by atoms with van der Waals surface area (Å²) in [7, 11) is 0. The zero-order chi connectivity index (χ0) is 25.4. The summed E-state index contributed by atoms with van der Waals surface area (Å²) in [6.07, 6.45) is 0.792. The molecule has 2 bridgehead atoms. The molecule has 1 aliphatic carbocycles. The van der Waals surface area contributed by atoms with Crippen molar-refractivity contribution in [2.24, 2.45) is 5.92 Å². The predicted molar refractivity (Wildman–Crippen MR) is 140 cm³/mol. The minimum atomic E-state index is -0.319. The largest absolute Gasteiger partial charge is 0.493 e. The summed E-state index contributed by atoms with van der Waals surface area (Å²) in [5, 5.41) is 0. The molecule has 6 heteroatoms. The highest BCUT2D eigenvalue weighted by molar-refractivity contribution is 6.00. The molecule has 2 unspecified atom stereocenters. The molecule has 0 aromatic heterocycles. The van der Waals surface area contributed by atoms with E-state index in [0.29, 0.717) is 44.0 Å². The minimum Gasteiger partial charge on any atom is -0.493 e. The van der Waals surface area contributed by atoms with Crippen LogP contribution >= 0.6 is 0 Å². The SMILES string of the molecule is CCOc1ccccc1C(=O)C1CC2COCC(C1)N2C(=O)OCC1c2ccccc2-c2ccccc21. The van der Waals surface area contributed by atoms with Crippen LogP contribution in [0.15, 0.2) is 72.8 Å². The first-order chi connectivity index (χ1) is 18.2. The van der Waals surface area contributed by atoms with Crippen LogP contribution in [-0.2, 0) is 9.47 Å². The van der Waals surface area contributed by atoms with Gasteiger partial charge in [-0.15, -0.1) is 0 Å². The summed E-state index contributed by atoms with van der Waals surface area (Å²) in [6.45, 7) is 3.53. The molecule has 0 N–H and O–H groups in total. The van der Waals surface area contributed by atoms with E-state index in [0.717, 1.165) is 0 Å². The molecule has 190 valence electrons. The number of rotatable bonds is 6. The fraction of sp³-hybridized carbons (Fsp3) is 0.355. The number of ketones is 1. The molecule has 2 saturated heterocycles. The number of Topliss-reactive ketones (excluding diaryl/α,β-unsaturated/α-hetero) is 1. The second kappa shape index (κ2) is 10.0. The monoisotopic (exact) mass is 497 g/mol. The third kappa shape index (κ3) is 4.29. The third-order valence-electron chi connectivity index (χ3n) is 7.89. The average Bonchev–Trinajstić information content (AvgIpc) is 3.25. The lowest BCUT2D eigenvalue weighted by Crippen LogP contribution is -2.60. The summed E-state index contributed by atoms with van der Waals surface area (Å²) in [5.74, 6) is 0.531. The van der Waals surface area contributed by atoms with Crippen molar-refractivity contribution in [2.75, 3.05) is 26.4 Å². The van der Waals surface area contributed by atoms with E-state index >= 15 is 0 Å². The second-order valence-corrected chi connectivity index (χ2v) is 10.0. The highest BCUT2D eigenvalue weighted by Crippen LogP contribution is 2.45. The third-order valence-corrected chi connectivity index (χ3v) is 7.89. The molecule has 3 aromatic rings. The van der Waals surface area contributed by atoms with Gasteiger partial charge in [0.05, 0.1) is 37.5 Å². The highest BCUT2D eigenvalue weighted by atomic mass is 16.6. The molecular weight excluding hydrogens is 466 g/mol. The van der Waals surface area contributed by atoms with Gasteiger partial charge in [0.2, 0.25) is 0 Å². The zero-order valence-electron chi connectivity index (χ0n) is 21.0. The van der Waals surface area contributed by atoms with E-state index in [9.17, 15) is 9.59 Å². The van der Waals surface area contributed by atoms with E-state index in [1.807, 2.05) is 60.4 Å².